The molecule has 0 spiro atoms. The first kappa shape index (κ1) is 29.4. The molecule has 0 radical (unpaired) electrons. The zero-order chi connectivity index (χ0) is 27.7. The number of hydrogen-bond donors (Lipinski definition) is 1. The highest BCUT2D eigenvalue weighted by Crippen LogP contribution is 2.31. The summed E-state index contributed by atoms with van der Waals surface area (Å²) in [6.45, 7) is 11.2. The molecule has 0 heterocycles. The van der Waals surface area contributed by atoms with E-state index in [4.69, 9.17) is 4.74 Å². The van der Waals surface area contributed by atoms with E-state index in [1.54, 1.807) is 4.90 Å². The average molecular weight is 580 g/mol. The number of carbonyl (C=O) groups is 2. The van der Waals surface area contributed by atoms with Crippen LogP contribution in [-0.4, -0.2) is 35.9 Å². The van der Waals surface area contributed by atoms with Crippen molar-refractivity contribution >= 4 is 27.7 Å². The summed E-state index contributed by atoms with van der Waals surface area (Å²) in [5, 5.41) is 3.01. The molecule has 3 rings (SSSR count). The third kappa shape index (κ3) is 8.45. The Kier molecular flexibility index (Phi) is 10.5. The zero-order valence-corrected chi connectivity index (χ0v) is 24.7. The standard InChI is InChI=1S/C32H39BrN2O3/c1-6-18-34-31(37)28(19-24-10-8-7-9-11-24)35(21-25-14-12-23(2)13-15-25)30(36)22-38-29-17-16-26(20-27(29)33)32(3,4)5/h7-17,20,28H,6,18-19,21-22H2,1-5H3,(H,34,37). The second kappa shape index (κ2) is 13.6. The van der Waals surface area contributed by atoms with Gasteiger partial charge in [0.05, 0.1) is 4.47 Å². The van der Waals surface area contributed by atoms with E-state index in [2.05, 4.69) is 42.0 Å². The summed E-state index contributed by atoms with van der Waals surface area (Å²) >= 11 is 3.60. The van der Waals surface area contributed by atoms with Gasteiger partial charge in [0.1, 0.15) is 11.8 Å². The van der Waals surface area contributed by atoms with Gasteiger partial charge in [0.2, 0.25) is 5.91 Å². The molecular formula is C32H39BrN2O3. The lowest BCUT2D eigenvalue weighted by Gasteiger charge is -2.31. The van der Waals surface area contributed by atoms with Gasteiger partial charge in [0.15, 0.2) is 6.61 Å². The molecule has 0 bridgehead atoms. The fourth-order valence-electron chi connectivity index (χ4n) is 4.12. The van der Waals surface area contributed by atoms with E-state index in [0.717, 1.165) is 27.6 Å². The smallest absolute Gasteiger partial charge is 0.261 e. The van der Waals surface area contributed by atoms with Crippen LogP contribution in [0.5, 0.6) is 5.75 Å². The normalized spacial score (nSPS) is 12.1. The third-order valence-corrected chi connectivity index (χ3v) is 7.06. The van der Waals surface area contributed by atoms with Crippen molar-refractivity contribution in [1.82, 2.24) is 10.2 Å². The number of ether oxygens (including phenoxy) is 1. The summed E-state index contributed by atoms with van der Waals surface area (Å²) in [5.41, 5.74) is 4.26. The van der Waals surface area contributed by atoms with Crippen LogP contribution in [0, 0.1) is 6.92 Å². The lowest BCUT2D eigenvalue weighted by Crippen LogP contribution is -2.51. The molecule has 1 N–H and O–H groups in total. The summed E-state index contributed by atoms with van der Waals surface area (Å²) in [6, 6.07) is 23.1. The SMILES string of the molecule is CCCNC(=O)C(Cc1ccccc1)N(Cc1ccc(C)cc1)C(=O)COc1ccc(C(C)(C)C)cc1Br. The maximum atomic E-state index is 13.7. The fourth-order valence-corrected chi connectivity index (χ4v) is 4.61. The van der Waals surface area contributed by atoms with E-state index in [1.165, 1.54) is 5.56 Å². The predicted octanol–water partition coefficient (Wildman–Crippen LogP) is 6.60. The summed E-state index contributed by atoms with van der Waals surface area (Å²) in [7, 11) is 0. The summed E-state index contributed by atoms with van der Waals surface area (Å²) in [5.74, 6) is 0.188. The number of carbonyl (C=O) groups excluding carboxylic acids is 2. The molecule has 1 atom stereocenters. The number of halogens is 1. The molecule has 5 nitrogen and oxygen atoms in total. The van der Waals surface area contributed by atoms with Gasteiger partial charge in [-0.25, -0.2) is 0 Å². The number of hydrogen-bond acceptors (Lipinski definition) is 3. The number of benzene rings is 3. The van der Waals surface area contributed by atoms with Crippen LogP contribution in [0.4, 0.5) is 0 Å². The lowest BCUT2D eigenvalue weighted by atomic mass is 9.87. The molecule has 0 aromatic heterocycles. The first-order chi connectivity index (χ1) is 18.1. The first-order valence-electron chi connectivity index (χ1n) is 13.2. The topological polar surface area (TPSA) is 58.6 Å². The molecule has 0 saturated heterocycles. The molecule has 0 aliphatic rings. The molecule has 3 aromatic rings. The van der Waals surface area contributed by atoms with Gasteiger partial charge in [-0.1, -0.05) is 93.9 Å². The van der Waals surface area contributed by atoms with Gasteiger partial charge in [-0.2, -0.15) is 0 Å². The highest BCUT2D eigenvalue weighted by atomic mass is 79.9. The molecular weight excluding hydrogens is 540 g/mol. The van der Waals surface area contributed by atoms with E-state index < -0.39 is 6.04 Å². The highest BCUT2D eigenvalue weighted by Gasteiger charge is 2.30. The number of nitrogens with zero attached hydrogens (tertiary/aromatic N) is 1. The Bertz CT molecular complexity index is 1200. The summed E-state index contributed by atoms with van der Waals surface area (Å²) in [6.07, 6.45) is 1.23. The minimum absolute atomic E-state index is 0.00177. The fraction of sp³-hybridized carbons (Fsp3) is 0.375. The van der Waals surface area contributed by atoms with Crippen molar-refractivity contribution < 1.29 is 14.3 Å². The van der Waals surface area contributed by atoms with Crippen LogP contribution >= 0.6 is 15.9 Å². The zero-order valence-electron chi connectivity index (χ0n) is 23.1. The van der Waals surface area contributed by atoms with E-state index in [1.807, 2.05) is 86.6 Å². The number of nitrogens with one attached hydrogen (secondary N) is 1. The Balaban J connectivity index is 1.89. The van der Waals surface area contributed by atoms with Crippen molar-refractivity contribution in [2.45, 2.75) is 65.5 Å². The van der Waals surface area contributed by atoms with Crippen LogP contribution in [0.3, 0.4) is 0 Å². The van der Waals surface area contributed by atoms with E-state index >= 15 is 0 Å². The Morgan fingerprint density at radius 1 is 0.974 bits per heavy atom. The lowest BCUT2D eigenvalue weighted by molar-refractivity contribution is -0.142. The average Bonchev–Trinajstić information content (AvgIpc) is 2.89. The van der Waals surface area contributed by atoms with Gasteiger partial charge in [-0.3, -0.25) is 9.59 Å². The van der Waals surface area contributed by atoms with Crippen LogP contribution < -0.4 is 10.1 Å². The van der Waals surface area contributed by atoms with Gasteiger partial charge in [-0.15, -0.1) is 0 Å². The van der Waals surface area contributed by atoms with Crippen molar-refractivity contribution in [2.75, 3.05) is 13.2 Å². The maximum absolute atomic E-state index is 13.7. The van der Waals surface area contributed by atoms with Crippen LogP contribution in [0.1, 0.15) is 56.4 Å². The predicted molar refractivity (Wildman–Crippen MR) is 157 cm³/mol. The molecule has 3 aromatic carbocycles. The quantitative estimate of drug-likeness (QED) is 0.279. The van der Waals surface area contributed by atoms with Gasteiger partial charge < -0.3 is 15.0 Å². The van der Waals surface area contributed by atoms with Crippen molar-refractivity contribution in [2.24, 2.45) is 0 Å². The maximum Gasteiger partial charge on any atom is 0.261 e. The Labute approximate surface area is 235 Å². The van der Waals surface area contributed by atoms with Gasteiger partial charge in [-0.05, 0) is 63.5 Å². The van der Waals surface area contributed by atoms with Gasteiger partial charge >= 0.3 is 0 Å². The van der Waals surface area contributed by atoms with Crippen LogP contribution in [0.15, 0.2) is 77.3 Å². The van der Waals surface area contributed by atoms with Crippen molar-refractivity contribution in [3.05, 3.63) is 99.5 Å². The van der Waals surface area contributed by atoms with E-state index in [-0.39, 0.29) is 23.8 Å². The molecule has 6 heteroatoms. The number of amides is 2. The minimum Gasteiger partial charge on any atom is -0.483 e. The van der Waals surface area contributed by atoms with Crippen LogP contribution in [0.25, 0.3) is 0 Å². The molecule has 1 unspecified atom stereocenters. The second-order valence-electron chi connectivity index (χ2n) is 10.7. The van der Waals surface area contributed by atoms with E-state index in [9.17, 15) is 9.59 Å². The van der Waals surface area contributed by atoms with Crippen molar-refractivity contribution in [1.29, 1.82) is 0 Å². The third-order valence-electron chi connectivity index (χ3n) is 6.44. The molecule has 0 saturated carbocycles. The monoisotopic (exact) mass is 578 g/mol. The van der Waals surface area contributed by atoms with Gasteiger partial charge in [0, 0.05) is 19.5 Å². The molecule has 0 fully saturated rings. The summed E-state index contributed by atoms with van der Waals surface area (Å²) < 4.78 is 6.79. The molecule has 0 aliphatic carbocycles. The minimum atomic E-state index is -0.673. The molecule has 38 heavy (non-hydrogen) atoms. The summed E-state index contributed by atoms with van der Waals surface area (Å²) in [4.78, 5) is 28.8. The van der Waals surface area contributed by atoms with Crippen molar-refractivity contribution in [3.63, 3.8) is 0 Å². The largest absolute Gasteiger partial charge is 0.483 e. The van der Waals surface area contributed by atoms with Crippen molar-refractivity contribution in [3.8, 4) is 5.75 Å². The molecule has 2 amide bonds. The Morgan fingerprint density at radius 2 is 1.66 bits per heavy atom. The van der Waals surface area contributed by atoms with Crippen LogP contribution in [-0.2, 0) is 28.0 Å². The highest BCUT2D eigenvalue weighted by molar-refractivity contribution is 9.10. The number of rotatable bonds is 11. The molecule has 0 aliphatic heterocycles. The first-order valence-corrected chi connectivity index (χ1v) is 14.0. The van der Waals surface area contributed by atoms with Crippen LogP contribution in [0.2, 0.25) is 0 Å². The van der Waals surface area contributed by atoms with E-state index in [0.29, 0.717) is 25.3 Å². The second-order valence-corrected chi connectivity index (χ2v) is 11.5. The van der Waals surface area contributed by atoms with Gasteiger partial charge in [0.25, 0.3) is 5.91 Å². The molecule has 202 valence electrons. The Hall–Kier alpha value is -3.12. The number of aryl methyl sites for hydroxylation is 1. The Morgan fingerprint density at radius 3 is 2.26 bits per heavy atom.